The monoisotopic (exact) mass is 837 g/mol. The van der Waals surface area contributed by atoms with Gasteiger partial charge in [-0.2, -0.15) is 0 Å². The molecule has 0 fully saturated rings. The van der Waals surface area contributed by atoms with E-state index in [-0.39, 0.29) is 38.4 Å². The molecule has 0 saturated carbocycles. The van der Waals surface area contributed by atoms with Crippen LogP contribution in [0.5, 0.6) is 0 Å². The fourth-order valence-electron chi connectivity index (χ4n) is 5.31. The van der Waals surface area contributed by atoms with Crippen molar-refractivity contribution in [3.63, 3.8) is 0 Å². The largest absolute Gasteiger partial charge is 0.462 e. The highest BCUT2D eigenvalue weighted by atomic mass is 16.6. The van der Waals surface area contributed by atoms with Crippen LogP contribution in [0, 0.1) is 0 Å². The Morgan fingerprint density at radius 2 is 0.738 bits per heavy atom. The number of carbonyl (C=O) groups is 3. The second kappa shape index (κ2) is 47.7. The molecular weight excluding hydrogens is 757 g/mol. The van der Waals surface area contributed by atoms with E-state index in [1.807, 2.05) is 54.7 Å². The van der Waals surface area contributed by atoms with Crippen LogP contribution in [-0.4, -0.2) is 37.2 Å². The summed E-state index contributed by atoms with van der Waals surface area (Å²) in [6, 6.07) is 0. The van der Waals surface area contributed by atoms with Crippen molar-refractivity contribution in [2.24, 2.45) is 0 Å². The quantitative estimate of drug-likeness (QED) is 0.0203. The molecule has 6 heteroatoms. The molecule has 0 amide bonds. The van der Waals surface area contributed by atoms with E-state index in [9.17, 15) is 14.4 Å². The van der Waals surface area contributed by atoms with Crippen molar-refractivity contribution in [3.05, 3.63) is 158 Å². The summed E-state index contributed by atoms with van der Waals surface area (Å²) in [6.07, 6.45) is 69.7. The predicted molar refractivity (Wildman–Crippen MR) is 260 cm³/mol. The summed E-state index contributed by atoms with van der Waals surface area (Å²) in [6.45, 7) is 6.05. The lowest BCUT2D eigenvalue weighted by Gasteiger charge is -2.18. The van der Waals surface area contributed by atoms with Gasteiger partial charge < -0.3 is 14.2 Å². The van der Waals surface area contributed by atoms with Crippen molar-refractivity contribution in [2.75, 3.05) is 13.2 Å². The van der Waals surface area contributed by atoms with E-state index in [0.717, 1.165) is 103 Å². The summed E-state index contributed by atoms with van der Waals surface area (Å²) < 4.78 is 16.5. The lowest BCUT2D eigenvalue weighted by atomic mass is 10.1. The minimum Gasteiger partial charge on any atom is -0.462 e. The summed E-state index contributed by atoms with van der Waals surface area (Å²) in [7, 11) is 0. The minimum absolute atomic E-state index is 0.110. The molecular formula is C55H80O6. The number of ether oxygens (including phenoxy) is 3. The molecule has 61 heavy (non-hydrogen) atoms. The van der Waals surface area contributed by atoms with Gasteiger partial charge >= 0.3 is 17.9 Å². The summed E-state index contributed by atoms with van der Waals surface area (Å²) in [5.74, 6) is -1.17. The van der Waals surface area contributed by atoms with E-state index in [1.165, 1.54) is 0 Å². The van der Waals surface area contributed by atoms with Gasteiger partial charge in [-0.3, -0.25) is 14.4 Å². The third kappa shape index (κ3) is 46.0. The van der Waals surface area contributed by atoms with Crippen molar-refractivity contribution in [1.29, 1.82) is 0 Å². The molecule has 0 saturated heterocycles. The van der Waals surface area contributed by atoms with Gasteiger partial charge in [-0.25, -0.2) is 0 Å². The molecule has 0 spiro atoms. The maximum absolute atomic E-state index is 12.7. The lowest BCUT2D eigenvalue weighted by molar-refractivity contribution is -0.166. The predicted octanol–water partition coefficient (Wildman–Crippen LogP) is 15.1. The highest BCUT2D eigenvalue weighted by Gasteiger charge is 2.19. The Kier molecular flexibility index (Phi) is 43.8. The van der Waals surface area contributed by atoms with E-state index < -0.39 is 18.0 Å². The van der Waals surface area contributed by atoms with Crippen molar-refractivity contribution < 1.29 is 28.6 Å². The lowest BCUT2D eigenvalue weighted by Crippen LogP contribution is -2.30. The topological polar surface area (TPSA) is 78.9 Å². The zero-order valence-corrected chi connectivity index (χ0v) is 38.1. The number of carbonyl (C=O) groups excluding carboxylic acids is 3. The number of hydrogen-bond donors (Lipinski definition) is 0. The zero-order chi connectivity index (χ0) is 44.4. The molecule has 0 radical (unpaired) electrons. The number of esters is 3. The summed E-state index contributed by atoms with van der Waals surface area (Å²) >= 11 is 0. The molecule has 6 nitrogen and oxygen atoms in total. The maximum Gasteiger partial charge on any atom is 0.309 e. The van der Waals surface area contributed by atoms with Crippen LogP contribution >= 0.6 is 0 Å². The van der Waals surface area contributed by atoms with Gasteiger partial charge in [0.2, 0.25) is 0 Å². The Balaban J connectivity index is 4.58. The first-order chi connectivity index (χ1) is 30.0. The Bertz CT molecular complexity index is 1470. The van der Waals surface area contributed by atoms with E-state index in [1.54, 1.807) is 6.08 Å². The third-order valence-corrected chi connectivity index (χ3v) is 8.67. The van der Waals surface area contributed by atoms with Gasteiger partial charge in [0.15, 0.2) is 6.10 Å². The summed E-state index contributed by atoms with van der Waals surface area (Å²) in [5.41, 5.74) is 0. The molecule has 0 aromatic carbocycles. The third-order valence-electron chi connectivity index (χ3n) is 8.67. The Morgan fingerprint density at radius 3 is 1.23 bits per heavy atom. The van der Waals surface area contributed by atoms with Gasteiger partial charge in [-0.15, -0.1) is 0 Å². The Labute approximate surface area is 371 Å². The fourth-order valence-corrected chi connectivity index (χ4v) is 5.31. The van der Waals surface area contributed by atoms with Crippen LogP contribution in [0.15, 0.2) is 158 Å². The molecule has 0 N–H and O–H groups in total. The molecule has 1 atom stereocenters. The minimum atomic E-state index is -0.856. The molecule has 0 aromatic rings. The molecule has 336 valence electrons. The van der Waals surface area contributed by atoms with Crippen molar-refractivity contribution in [3.8, 4) is 0 Å². The van der Waals surface area contributed by atoms with Gasteiger partial charge in [0, 0.05) is 12.8 Å². The first-order valence-corrected chi connectivity index (χ1v) is 23.1. The van der Waals surface area contributed by atoms with Gasteiger partial charge in [0.25, 0.3) is 0 Å². The smallest absolute Gasteiger partial charge is 0.309 e. The van der Waals surface area contributed by atoms with Gasteiger partial charge in [-0.1, -0.05) is 192 Å². The normalized spacial score (nSPS) is 13.6. The molecule has 0 aromatic heterocycles. The van der Waals surface area contributed by atoms with Crippen LogP contribution < -0.4 is 0 Å². The van der Waals surface area contributed by atoms with Gasteiger partial charge in [0.1, 0.15) is 13.2 Å². The van der Waals surface area contributed by atoms with Crippen LogP contribution in [0.3, 0.4) is 0 Å². The highest BCUT2D eigenvalue weighted by molar-refractivity contribution is 5.72. The molecule has 0 aliphatic carbocycles. The summed E-state index contributed by atoms with van der Waals surface area (Å²) in [5, 5.41) is 0. The maximum atomic E-state index is 12.7. The number of unbranched alkanes of at least 4 members (excludes halogenated alkanes) is 6. The average molecular weight is 837 g/mol. The molecule has 0 aliphatic rings. The highest BCUT2D eigenvalue weighted by Crippen LogP contribution is 2.10. The molecule has 0 rings (SSSR count). The van der Waals surface area contributed by atoms with Crippen molar-refractivity contribution in [2.45, 2.75) is 155 Å². The standard InChI is InChI=1S/C55H80O6/c1-4-7-10-13-16-19-21-23-25-26-27-28-30-31-33-36-39-42-45-48-54(57)60-51-52(50-59-53(56)47-44-41-38-35-18-15-12-9-6-3)61-55(58)49-46-43-40-37-34-32-29-24-22-20-17-14-11-8-5-2/h7-12,14,16-20,22-25,27-29,31-35,41,44,52H,4-6,13,15,21,26,30,36-40,42-43,45-51H2,1-3H3/b10-7-,11-8-,12-9-,17-14-,19-16-,22-20-,25-23-,28-27-,29-24-,33-31-,34-32-,35-18-,44-41-. The van der Waals surface area contributed by atoms with Crippen LogP contribution in [0.2, 0.25) is 0 Å². The van der Waals surface area contributed by atoms with Crippen molar-refractivity contribution >= 4 is 17.9 Å². The number of hydrogen-bond acceptors (Lipinski definition) is 6. The van der Waals surface area contributed by atoms with Crippen LogP contribution in [-0.2, 0) is 28.6 Å². The Morgan fingerprint density at radius 1 is 0.361 bits per heavy atom. The van der Waals surface area contributed by atoms with Crippen LogP contribution in [0.25, 0.3) is 0 Å². The molecule has 1 unspecified atom stereocenters. The Hall–Kier alpha value is -4.97. The van der Waals surface area contributed by atoms with Gasteiger partial charge in [-0.05, 0) is 96.3 Å². The number of allylic oxidation sites excluding steroid dienone is 25. The second-order valence-electron chi connectivity index (χ2n) is 14.3. The second-order valence-corrected chi connectivity index (χ2v) is 14.3. The van der Waals surface area contributed by atoms with Crippen molar-refractivity contribution in [1.82, 2.24) is 0 Å². The first kappa shape index (κ1) is 56.0. The van der Waals surface area contributed by atoms with E-state index >= 15 is 0 Å². The van der Waals surface area contributed by atoms with E-state index in [2.05, 4.69) is 118 Å². The van der Waals surface area contributed by atoms with E-state index in [4.69, 9.17) is 14.2 Å². The van der Waals surface area contributed by atoms with Crippen LogP contribution in [0.4, 0.5) is 0 Å². The fraction of sp³-hybridized carbons (Fsp3) is 0.473. The first-order valence-electron chi connectivity index (χ1n) is 23.1. The van der Waals surface area contributed by atoms with Gasteiger partial charge in [0.05, 0.1) is 6.42 Å². The van der Waals surface area contributed by atoms with Crippen LogP contribution in [0.1, 0.15) is 149 Å². The van der Waals surface area contributed by atoms with E-state index in [0.29, 0.717) is 6.42 Å². The SMILES string of the molecule is CC\C=C/C=C\C=C/C=C\C=C/CCCCCC(=O)OC(COC(=O)C/C=C\C/C=C\C/C=C\CC)COC(=O)CCCCC/C=C\C/C=C\C/C=C\C/C=C\C/C=C\CC. The molecule has 0 aliphatic heterocycles. The zero-order valence-electron chi connectivity index (χ0n) is 38.1. The number of rotatable bonds is 38. The average Bonchev–Trinajstić information content (AvgIpc) is 3.26. The molecule has 0 heterocycles. The summed E-state index contributed by atoms with van der Waals surface area (Å²) in [4.78, 5) is 37.7. The molecule has 0 bridgehead atoms.